The van der Waals surface area contributed by atoms with Crippen molar-refractivity contribution in [1.29, 1.82) is 0 Å². The Hall–Kier alpha value is -3.21. The van der Waals surface area contributed by atoms with Gasteiger partial charge in [0.05, 0.1) is 5.39 Å². The summed E-state index contributed by atoms with van der Waals surface area (Å²) in [5.41, 5.74) is 1.80. The third-order valence-electron chi connectivity index (χ3n) is 4.75. The molecule has 5 heteroatoms. The second kappa shape index (κ2) is 6.83. The molecule has 0 spiro atoms. The highest BCUT2D eigenvalue weighted by atomic mass is 16.3. The molecule has 2 heterocycles. The number of para-hydroxylation sites is 1. The van der Waals surface area contributed by atoms with Gasteiger partial charge in [0.25, 0.3) is 5.56 Å². The molecule has 0 amide bonds. The third kappa shape index (κ3) is 2.95. The van der Waals surface area contributed by atoms with E-state index in [2.05, 4.69) is 11.9 Å². The quantitative estimate of drug-likeness (QED) is 0.510. The van der Waals surface area contributed by atoms with Crippen molar-refractivity contribution in [3.05, 3.63) is 74.7 Å². The lowest BCUT2D eigenvalue weighted by molar-refractivity contribution is 0.599. The number of hydrogen-bond acceptors (Lipinski definition) is 4. The fraction of sp³-hybridized carbons (Fsp3) is 0.227. The molecule has 5 nitrogen and oxygen atoms in total. The van der Waals surface area contributed by atoms with Crippen molar-refractivity contribution >= 4 is 22.1 Å². The van der Waals surface area contributed by atoms with Gasteiger partial charge in [-0.15, -0.1) is 0 Å². The Kier molecular flexibility index (Phi) is 4.36. The van der Waals surface area contributed by atoms with Crippen LogP contribution in [0.4, 0.5) is 0 Å². The summed E-state index contributed by atoms with van der Waals surface area (Å²) in [4.78, 5) is 30.7. The normalized spacial score (nSPS) is 11.3. The fourth-order valence-corrected chi connectivity index (χ4v) is 3.23. The molecule has 0 aliphatic heterocycles. The minimum absolute atomic E-state index is 0.0145. The van der Waals surface area contributed by atoms with Gasteiger partial charge < -0.3 is 4.42 Å². The molecule has 0 atom stereocenters. The summed E-state index contributed by atoms with van der Waals surface area (Å²) in [6.07, 6.45) is 1.76. The fourth-order valence-electron chi connectivity index (χ4n) is 3.23. The number of nitrogens with zero attached hydrogens (tertiary/aromatic N) is 2. The summed E-state index contributed by atoms with van der Waals surface area (Å²) in [5.74, 6) is 0.527. The first-order valence-corrected chi connectivity index (χ1v) is 9.13. The molecule has 0 saturated carbocycles. The Balaban J connectivity index is 2.10. The van der Waals surface area contributed by atoms with Gasteiger partial charge in [-0.3, -0.25) is 14.2 Å². The lowest BCUT2D eigenvalue weighted by Gasteiger charge is -2.13. The largest absolute Gasteiger partial charge is 0.437 e. The SMILES string of the molecule is CCCCn1c(-c2ccc(C)cc2)nc2oc3ccccc3c(=O)c2c1=O. The monoisotopic (exact) mass is 360 g/mol. The molecule has 0 unspecified atom stereocenters. The number of benzene rings is 2. The number of aryl methyl sites for hydroxylation is 1. The van der Waals surface area contributed by atoms with Crippen LogP contribution < -0.4 is 11.0 Å². The van der Waals surface area contributed by atoms with Crippen LogP contribution in [-0.4, -0.2) is 9.55 Å². The highest BCUT2D eigenvalue weighted by molar-refractivity contribution is 5.88. The smallest absolute Gasteiger partial charge is 0.269 e. The number of fused-ring (bicyclic) bond motifs is 2. The highest BCUT2D eigenvalue weighted by Crippen LogP contribution is 2.21. The zero-order valence-electron chi connectivity index (χ0n) is 15.4. The first-order chi connectivity index (χ1) is 13.1. The van der Waals surface area contributed by atoms with Crippen molar-refractivity contribution in [3.63, 3.8) is 0 Å². The number of hydrogen-bond donors (Lipinski definition) is 0. The molecule has 0 radical (unpaired) electrons. The summed E-state index contributed by atoms with van der Waals surface area (Å²) >= 11 is 0. The van der Waals surface area contributed by atoms with Crippen LogP contribution in [0.25, 0.3) is 33.5 Å². The summed E-state index contributed by atoms with van der Waals surface area (Å²) < 4.78 is 7.43. The lowest BCUT2D eigenvalue weighted by Crippen LogP contribution is -2.27. The van der Waals surface area contributed by atoms with Crippen LogP contribution >= 0.6 is 0 Å². The molecule has 0 aliphatic rings. The summed E-state index contributed by atoms with van der Waals surface area (Å²) in [5, 5.41) is 0.412. The van der Waals surface area contributed by atoms with Crippen molar-refractivity contribution in [1.82, 2.24) is 9.55 Å². The van der Waals surface area contributed by atoms with Crippen molar-refractivity contribution in [2.24, 2.45) is 0 Å². The minimum atomic E-state index is -0.344. The summed E-state index contributed by atoms with van der Waals surface area (Å²) in [7, 11) is 0. The molecular formula is C22H20N2O3. The van der Waals surface area contributed by atoms with Gasteiger partial charge in [0.1, 0.15) is 11.4 Å². The van der Waals surface area contributed by atoms with Crippen LogP contribution in [0.15, 0.2) is 62.5 Å². The molecule has 2 aromatic carbocycles. The Morgan fingerprint density at radius 3 is 2.52 bits per heavy atom. The number of aromatic nitrogens is 2. The van der Waals surface area contributed by atoms with Crippen LogP contribution in [0.3, 0.4) is 0 Å². The summed E-state index contributed by atoms with van der Waals surface area (Å²) in [6, 6.07) is 14.8. The molecule has 0 N–H and O–H groups in total. The van der Waals surface area contributed by atoms with E-state index in [9.17, 15) is 9.59 Å². The van der Waals surface area contributed by atoms with Crippen molar-refractivity contribution in [2.45, 2.75) is 33.2 Å². The first kappa shape index (κ1) is 17.2. The van der Waals surface area contributed by atoms with Crippen molar-refractivity contribution in [2.75, 3.05) is 0 Å². The van der Waals surface area contributed by atoms with E-state index < -0.39 is 0 Å². The Bertz CT molecular complexity index is 1250. The molecule has 4 rings (SSSR count). The van der Waals surface area contributed by atoms with Crippen LogP contribution in [0.1, 0.15) is 25.3 Å². The molecule has 136 valence electrons. The average molecular weight is 360 g/mol. The van der Waals surface area contributed by atoms with Crippen LogP contribution in [-0.2, 0) is 6.54 Å². The van der Waals surface area contributed by atoms with E-state index in [-0.39, 0.29) is 22.1 Å². The average Bonchev–Trinajstić information content (AvgIpc) is 2.68. The third-order valence-corrected chi connectivity index (χ3v) is 4.75. The molecule has 4 aromatic rings. The summed E-state index contributed by atoms with van der Waals surface area (Å²) in [6.45, 7) is 4.58. The molecule has 0 bridgehead atoms. The van der Waals surface area contributed by atoms with E-state index in [1.807, 2.05) is 31.2 Å². The lowest BCUT2D eigenvalue weighted by atomic mass is 10.1. The Labute approximate surface area is 155 Å². The predicted octanol–water partition coefficient (Wildman–Crippen LogP) is 4.28. The second-order valence-corrected chi connectivity index (χ2v) is 6.72. The molecule has 2 aromatic heterocycles. The second-order valence-electron chi connectivity index (χ2n) is 6.72. The Morgan fingerprint density at radius 1 is 1.04 bits per heavy atom. The van der Waals surface area contributed by atoms with E-state index in [0.29, 0.717) is 23.3 Å². The number of unbranched alkanes of at least 4 members (excludes halogenated alkanes) is 1. The van der Waals surface area contributed by atoms with Gasteiger partial charge in [-0.2, -0.15) is 4.98 Å². The Morgan fingerprint density at radius 2 is 1.78 bits per heavy atom. The highest BCUT2D eigenvalue weighted by Gasteiger charge is 2.18. The minimum Gasteiger partial charge on any atom is -0.437 e. The van der Waals surface area contributed by atoms with E-state index in [0.717, 1.165) is 24.0 Å². The zero-order chi connectivity index (χ0) is 19.0. The maximum absolute atomic E-state index is 13.2. The molecule has 0 saturated heterocycles. The van der Waals surface area contributed by atoms with Crippen molar-refractivity contribution in [3.8, 4) is 11.4 Å². The van der Waals surface area contributed by atoms with E-state index in [4.69, 9.17) is 4.42 Å². The van der Waals surface area contributed by atoms with E-state index in [1.54, 1.807) is 28.8 Å². The molecular weight excluding hydrogens is 340 g/mol. The first-order valence-electron chi connectivity index (χ1n) is 9.13. The van der Waals surface area contributed by atoms with E-state index >= 15 is 0 Å². The standard InChI is InChI=1S/C22H20N2O3/c1-3-4-13-24-20(15-11-9-14(2)10-12-15)23-21-18(22(24)26)19(25)16-7-5-6-8-17(16)27-21/h5-12H,3-4,13H2,1-2H3. The van der Waals surface area contributed by atoms with Gasteiger partial charge in [-0.25, -0.2) is 0 Å². The van der Waals surface area contributed by atoms with Crippen molar-refractivity contribution < 1.29 is 4.42 Å². The molecule has 0 fully saturated rings. The van der Waals surface area contributed by atoms with Gasteiger partial charge >= 0.3 is 0 Å². The van der Waals surface area contributed by atoms with Gasteiger partial charge in [0.2, 0.25) is 11.1 Å². The zero-order valence-corrected chi connectivity index (χ0v) is 15.4. The maximum atomic E-state index is 13.2. The van der Waals surface area contributed by atoms with Crippen LogP contribution in [0.2, 0.25) is 0 Å². The van der Waals surface area contributed by atoms with Gasteiger partial charge in [-0.1, -0.05) is 55.3 Å². The van der Waals surface area contributed by atoms with Gasteiger partial charge in [0, 0.05) is 12.1 Å². The molecule has 0 aliphatic carbocycles. The topological polar surface area (TPSA) is 65.1 Å². The van der Waals surface area contributed by atoms with Crippen LogP contribution in [0, 0.1) is 6.92 Å². The van der Waals surface area contributed by atoms with Gasteiger partial charge in [-0.05, 0) is 25.5 Å². The van der Waals surface area contributed by atoms with Crippen LogP contribution in [0.5, 0.6) is 0 Å². The van der Waals surface area contributed by atoms with Gasteiger partial charge in [0.15, 0.2) is 5.39 Å². The maximum Gasteiger partial charge on any atom is 0.269 e. The number of rotatable bonds is 4. The van der Waals surface area contributed by atoms with E-state index in [1.165, 1.54) is 0 Å². The molecule has 27 heavy (non-hydrogen) atoms. The predicted molar refractivity (Wildman–Crippen MR) is 107 cm³/mol.